The molecular weight excluding hydrogens is 378 g/mol. The maximum absolute atomic E-state index is 12.6. The molecule has 0 aliphatic rings. The Morgan fingerprint density at radius 2 is 1.63 bits per heavy atom. The zero-order valence-electron chi connectivity index (χ0n) is 17.6. The molecule has 0 aliphatic heterocycles. The molecule has 5 nitrogen and oxygen atoms in total. The normalized spacial score (nSPS) is 12.8. The van der Waals surface area contributed by atoms with Crippen molar-refractivity contribution in [3.05, 3.63) is 77.9 Å². The zero-order valence-corrected chi connectivity index (χ0v) is 17.6. The highest BCUT2D eigenvalue weighted by molar-refractivity contribution is 5.88. The van der Waals surface area contributed by atoms with Crippen LogP contribution in [0.5, 0.6) is 5.75 Å². The number of fused-ring (bicyclic) bond motifs is 1. The second-order valence-corrected chi connectivity index (χ2v) is 7.30. The lowest BCUT2D eigenvalue weighted by molar-refractivity contribution is -0.155. The SMILES string of the molecule is COc1ccc2cc([C@H](C)C(=O)O[C@@H](C)C(=O)NCCc3ccccc3)ccc2c1. The second kappa shape index (κ2) is 9.92. The van der Waals surface area contributed by atoms with Crippen LogP contribution < -0.4 is 10.1 Å². The Balaban J connectivity index is 1.55. The first-order valence-electron chi connectivity index (χ1n) is 10.1. The summed E-state index contributed by atoms with van der Waals surface area (Å²) in [6, 6.07) is 21.5. The fraction of sp³-hybridized carbons (Fsp3) is 0.280. The van der Waals surface area contributed by atoms with Crippen molar-refractivity contribution in [1.82, 2.24) is 5.32 Å². The van der Waals surface area contributed by atoms with E-state index >= 15 is 0 Å². The van der Waals surface area contributed by atoms with Crippen molar-refractivity contribution in [2.75, 3.05) is 13.7 Å². The second-order valence-electron chi connectivity index (χ2n) is 7.30. The van der Waals surface area contributed by atoms with Crippen LogP contribution in [0.25, 0.3) is 10.8 Å². The van der Waals surface area contributed by atoms with Crippen LogP contribution in [0.2, 0.25) is 0 Å². The number of methoxy groups -OCH3 is 1. The molecule has 156 valence electrons. The molecule has 0 fully saturated rings. The van der Waals surface area contributed by atoms with Gasteiger partial charge in [0.25, 0.3) is 5.91 Å². The molecular formula is C25H27NO4. The highest BCUT2D eigenvalue weighted by Crippen LogP contribution is 2.26. The Labute approximate surface area is 177 Å². The number of esters is 1. The van der Waals surface area contributed by atoms with Gasteiger partial charge in [-0.1, -0.05) is 54.6 Å². The number of carbonyl (C=O) groups is 2. The third-order valence-corrected chi connectivity index (χ3v) is 5.14. The number of amides is 1. The number of carbonyl (C=O) groups excluding carboxylic acids is 2. The molecule has 0 aromatic heterocycles. The van der Waals surface area contributed by atoms with E-state index in [1.165, 1.54) is 0 Å². The predicted octanol–water partition coefficient (Wildman–Crippen LogP) is 4.24. The Hall–Kier alpha value is -3.34. The van der Waals surface area contributed by atoms with Crippen LogP contribution in [-0.4, -0.2) is 31.6 Å². The summed E-state index contributed by atoms with van der Waals surface area (Å²) in [5.74, 6) is -0.406. The summed E-state index contributed by atoms with van der Waals surface area (Å²) in [4.78, 5) is 24.8. The highest BCUT2D eigenvalue weighted by atomic mass is 16.5. The zero-order chi connectivity index (χ0) is 21.5. The quantitative estimate of drug-likeness (QED) is 0.569. The number of rotatable bonds is 8. The minimum atomic E-state index is -0.847. The summed E-state index contributed by atoms with van der Waals surface area (Å²) in [7, 11) is 1.63. The molecule has 0 radical (unpaired) electrons. The molecule has 5 heteroatoms. The average molecular weight is 405 g/mol. The van der Waals surface area contributed by atoms with Gasteiger partial charge in [0, 0.05) is 6.54 Å². The monoisotopic (exact) mass is 405 g/mol. The van der Waals surface area contributed by atoms with Crippen LogP contribution in [0, 0.1) is 0 Å². The number of benzene rings is 3. The summed E-state index contributed by atoms with van der Waals surface area (Å²) < 4.78 is 10.7. The van der Waals surface area contributed by atoms with Crippen LogP contribution in [0.1, 0.15) is 30.9 Å². The van der Waals surface area contributed by atoms with Crippen LogP contribution >= 0.6 is 0 Å². The first-order chi connectivity index (χ1) is 14.5. The standard InChI is InChI=1S/C25H27NO4/c1-17(20-9-10-22-16-23(29-3)12-11-21(22)15-20)25(28)30-18(2)24(27)26-14-13-19-7-5-4-6-8-19/h4-12,15-18H,13-14H2,1-3H3,(H,26,27)/t17-,18-/m0/s1. The van der Waals surface area contributed by atoms with Gasteiger partial charge in [-0.2, -0.15) is 0 Å². The average Bonchev–Trinajstić information content (AvgIpc) is 2.78. The molecule has 1 N–H and O–H groups in total. The minimum Gasteiger partial charge on any atom is -0.497 e. The lowest BCUT2D eigenvalue weighted by Crippen LogP contribution is -2.37. The van der Waals surface area contributed by atoms with E-state index < -0.39 is 18.0 Å². The first-order valence-corrected chi connectivity index (χ1v) is 10.1. The van der Waals surface area contributed by atoms with Crippen molar-refractivity contribution >= 4 is 22.6 Å². The topological polar surface area (TPSA) is 64.6 Å². The van der Waals surface area contributed by atoms with Crippen LogP contribution in [-0.2, 0) is 20.7 Å². The van der Waals surface area contributed by atoms with E-state index in [2.05, 4.69) is 5.32 Å². The fourth-order valence-corrected chi connectivity index (χ4v) is 3.22. The molecule has 3 aromatic carbocycles. The fourth-order valence-electron chi connectivity index (χ4n) is 3.22. The molecule has 0 saturated heterocycles. The van der Waals surface area contributed by atoms with E-state index in [4.69, 9.17) is 9.47 Å². The third kappa shape index (κ3) is 5.38. The van der Waals surface area contributed by atoms with E-state index in [0.717, 1.165) is 34.1 Å². The van der Waals surface area contributed by atoms with Gasteiger partial charge in [-0.25, -0.2) is 0 Å². The Kier molecular flexibility index (Phi) is 7.07. The Bertz CT molecular complexity index is 1020. The van der Waals surface area contributed by atoms with Gasteiger partial charge in [0.1, 0.15) is 5.75 Å². The molecule has 0 heterocycles. The van der Waals surface area contributed by atoms with E-state index in [9.17, 15) is 9.59 Å². The molecule has 30 heavy (non-hydrogen) atoms. The van der Waals surface area contributed by atoms with Crippen molar-refractivity contribution < 1.29 is 19.1 Å². The minimum absolute atomic E-state index is 0.294. The van der Waals surface area contributed by atoms with Crippen molar-refractivity contribution in [3.63, 3.8) is 0 Å². The Morgan fingerprint density at radius 1 is 0.933 bits per heavy atom. The number of hydrogen-bond acceptors (Lipinski definition) is 4. The number of nitrogens with one attached hydrogen (secondary N) is 1. The van der Waals surface area contributed by atoms with E-state index in [0.29, 0.717) is 6.54 Å². The van der Waals surface area contributed by atoms with Gasteiger partial charge in [0.2, 0.25) is 0 Å². The lowest BCUT2D eigenvalue weighted by atomic mass is 9.98. The predicted molar refractivity (Wildman–Crippen MR) is 118 cm³/mol. The van der Waals surface area contributed by atoms with E-state index in [1.54, 1.807) is 21.0 Å². The van der Waals surface area contributed by atoms with Crippen LogP contribution in [0.3, 0.4) is 0 Å². The van der Waals surface area contributed by atoms with Gasteiger partial charge in [-0.05, 0) is 54.3 Å². The van der Waals surface area contributed by atoms with Gasteiger partial charge < -0.3 is 14.8 Å². The lowest BCUT2D eigenvalue weighted by Gasteiger charge is -2.17. The van der Waals surface area contributed by atoms with Crippen molar-refractivity contribution in [2.24, 2.45) is 0 Å². The van der Waals surface area contributed by atoms with Gasteiger partial charge in [-0.15, -0.1) is 0 Å². The van der Waals surface area contributed by atoms with Gasteiger partial charge in [0.15, 0.2) is 6.10 Å². The van der Waals surface area contributed by atoms with Crippen molar-refractivity contribution in [1.29, 1.82) is 0 Å². The van der Waals surface area contributed by atoms with Crippen LogP contribution in [0.4, 0.5) is 0 Å². The van der Waals surface area contributed by atoms with E-state index in [-0.39, 0.29) is 5.91 Å². The summed E-state index contributed by atoms with van der Waals surface area (Å²) >= 11 is 0. The van der Waals surface area contributed by atoms with Crippen molar-refractivity contribution in [2.45, 2.75) is 32.3 Å². The molecule has 3 rings (SSSR count). The smallest absolute Gasteiger partial charge is 0.313 e. The first kappa shape index (κ1) is 21.4. The Morgan fingerprint density at radius 3 is 2.37 bits per heavy atom. The summed E-state index contributed by atoms with van der Waals surface area (Å²) in [5, 5.41) is 4.87. The molecule has 1 amide bonds. The maximum Gasteiger partial charge on any atom is 0.313 e. The third-order valence-electron chi connectivity index (χ3n) is 5.14. The number of ether oxygens (including phenoxy) is 2. The molecule has 2 atom stereocenters. The van der Waals surface area contributed by atoms with Gasteiger partial charge in [0.05, 0.1) is 13.0 Å². The number of hydrogen-bond donors (Lipinski definition) is 1. The molecule has 0 unspecified atom stereocenters. The summed E-state index contributed by atoms with van der Waals surface area (Å²) in [6.07, 6.45) is -0.119. The van der Waals surface area contributed by atoms with Crippen LogP contribution in [0.15, 0.2) is 66.7 Å². The largest absolute Gasteiger partial charge is 0.497 e. The molecule has 0 saturated carbocycles. The molecule has 0 bridgehead atoms. The summed E-state index contributed by atoms with van der Waals surface area (Å²) in [6.45, 7) is 3.87. The molecule has 0 aliphatic carbocycles. The van der Waals surface area contributed by atoms with E-state index in [1.807, 2.05) is 66.7 Å². The van der Waals surface area contributed by atoms with Gasteiger partial charge in [-0.3, -0.25) is 9.59 Å². The van der Waals surface area contributed by atoms with Gasteiger partial charge >= 0.3 is 5.97 Å². The molecule has 3 aromatic rings. The van der Waals surface area contributed by atoms with Crippen molar-refractivity contribution in [3.8, 4) is 5.75 Å². The molecule has 0 spiro atoms. The maximum atomic E-state index is 12.6. The highest BCUT2D eigenvalue weighted by Gasteiger charge is 2.23. The summed E-state index contributed by atoms with van der Waals surface area (Å²) in [5.41, 5.74) is 1.99.